The van der Waals surface area contributed by atoms with E-state index in [1.165, 1.54) is 10.6 Å². The molecule has 3 rings (SSSR count). The maximum absolute atomic E-state index is 12.8. The molecule has 2 heterocycles. The zero-order valence-corrected chi connectivity index (χ0v) is 14.0. The summed E-state index contributed by atoms with van der Waals surface area (Å²) in [5.41, 5.74) is 1.39. The number of piperazine rings is 1. The van der Waals surface area contributed by atoms with Crippen molar-refractivity contribution in [3.63, 3.8) is 0 Å². The Morgan fingerprint density at radius 1 is 1.22 bits per heavy atom. The lowest BCUT2D eigenvalue weighted by molar-refractivity contribution is 0.0645. The summed E-state index contributed by atoms with van der Waals surface area (Å²) in [5, 5.41) is 0.818. The lowest BCUT2D eigenvalue weighted by Crippen LogP contribution is -2.55. The van der Waals surface area contributed by atoms with Gasteiger partial charge in [0.2, 0.25) is 10.0 Å². The summed E-state index contributed by atoms with van der Waals surface area (Å²) in [6.07, 6.45) is 2.84. The van der Waals surface area contributed by atoms with E-state index in [1.54, 1.807) is 17.2 Å². The third-order valence-corrected chi connectivity index (χ3v) is 5.55. The molecule has 0 aliphatic carbocycles. The Morgan fingerprint density at radius 3 is 2.65 bits per heavy atom. The minimum absolute atomic E-state index is 0.0800. The Balaban J connectivity index is 1.87. The largest absolute Gasteiger partial charge is 0.336 e. The normalized spacial score (nSPS) is 19.9. The van der Waals surface area contributed by atoms with Crippen LogP contribution in [0.5, 0.6) is 0 Å². The molecule has 23 heavy (non-hydrogen) atoms. The molecule has 1 aliphatic heterocycles. The Bertz CT molecular complexity index is 845. The van der Waals surface area contributed by atoms with Gasteiger partial charge in [0.05, 0.1) is 17.3 Å². The van der Waals surface area contributed by atoms with Crippen molar-refractivity contribution < 1.29 is 13.2 Å². The van der Waals surface area contributed by atoms with Gasteiger partial charge >= 0.3 is 0 Å². The van der Waals surface area contributed by atoms with Crippen LogP contribution in [-0.4, -0.2) is 60.4 Å². The van der Waals surface area contributed by atoms with Crippen LogP contribution in [0.15, 0.2) is 36.5 Å². The molecule has 0 radical (unpaired) electrons. The van der Waals surface area contributed by atoms with Crippen LogP contribution in [0.25, 0.3) is 10.9 Å². The number of sulfonamides is 1. The predicted molar refractivity (Wildman–Crippen MR) is 88.7 cm³/mol. The van der Waals surface area contributed by atoms with Crippen molar-refractivity contribution in [2.24, 2.45) is 0 Å². The highest BCUT2D eigenvalue weighted by molar-refractivity contribution is 7.88. The Morgan fingerprint density at radius 2 is 1.96 bits per heavy atom. The molecule has 0 bridgehead atoms. The summed E-state index contributed by atoms with van der Waals surface area (Å²) in [4.78, 5) is 18.8. The van der Waals surface area contributed by atoms with E-state index >= 15 is 0 Å². The summed E-state index contributed by atoms with van der Waals surface area (Å²) in [6.45, 7) is 2.94. The van der Waals surface area contributed by atoms with Crippen LogP contribution in [0.4, 0.5) is 0 Å². The van der Waals surface area contributed by atoms with Gasteiger partial charge in [0.25, 0.3) is 5.91 Å². The number of benzene rings is 1. The third kappa shape index (κ3) is 3.07. The first kappa shape index (κ1) is 15.9. The maximum Gasteiger partial charge on any atom is 0.254 e. The standard InChI is InChI=1S/C16H19N3O3S/c1-12-11-18(9-10-19(12)23(2,21)22)16(20)14-7-8-17-15-6-4-3-5-13(14)15/h3-8,12H,9-11H2,1-2H3/t12-/m0/s1. The summed E-state index contributed by atoms with van der Waals surface area (Å²) >= 11 is 0. The smallest absolute Gasteiger partial charge is 0.254 e. The van der Waals surface area contributed by atoms with Crippen molar-refractivity contribution in [1.82, 2.24) is 14.2 Å². The van der Waals surface area contributed by atoms with Gasteiger partial charge in [0, 0.05) is 37.3 Å². The molecule has 0 N–H and O–H groups in total. The number of fused-ring (bicyclic) bond motifs is 1. The van der Waals surface area contributed by atoms with E-state index in [4.69, 9.17) is 0 Å². The van der Waals surface area contributed by atoms with E-state index in [-0.39, 0.29) is 11.9 Å². The van der Waals surface area contributed by atoms with Gasteiger partial charge in [-0.05, 0) is 19.1 Å². The van der Waals surface area contributed by atoms with Crippen LogP contribution in [0.3, 0.4) is 0 Å². The van der Waals surface area contributed by atoms with E-state index in [9.17, 15) is 13.2 Å². The van der Waals surface area contributed by atoms with Crippen molar-refractivity contribution in [3.8, 4) is 0 Å². The van der Waals surface area contributed by atoms with Crippen LogP contribution in [0.1, 0.15) is 17.3 Å². The number of amides is 1. The number of hydrogen-bond donors (Lipinski definition) is 0. The lowest BCUT2D eigenvalue weighted by Gasteiger charge is -2.38. The quantitative estimate of drug-likeness (QED) is 0.831. The van der Waals surface area contributed by atoms with Crippen molar-refractivity contribution in [1.29, 1.82) is 0 Å². The average molecular weight is 333 g/mol. The minimum Gasteiger partial charge on any atom is -0.336 e. The van der Waals surface area contributed by atoms with Crippen molar-refractivity contribution in [2.45, 2.75) is 13.0 Å². The Kier molecular flexibility index (Phi) is 4.08. The fraction of sp³-hybridized carbons (Fsp3) is 0.375. The highest BCUT2D eigenvalue weighted by Gasteiger charge is 2.32. The van der Waals surface area contributed by atoms with Gasteiger partial charge < -0.3 is 4.90 Å². The van der Waals surface area contributed by atoms with Gasteiger partial charge in [-0.15, -0.1) is 0 Å². The first-order chi connectivity index (χ1) is 10.9. The molecule has 122 valence electrons. The summed E-state index contributed by atoms with van der Waals surface area (Å²) < 4.78 is 24.9. The first-order valence-electron chi connectivity index (χ1n) is 7.48. The third-order valence-electron chi connectivity index (χ3n) is 4.16. The second-order valence-electron chi connectivity index (χ2n) is 5.85. The van der Waals surface area contributed by atoms with Crippen LogP contribution < -0.4 is 0 Å². The number of nitrogens with zero attached hydrogens (tertiary/aromatic N) is 3. The van der Waals surface area contributed by atoms with E-state index in [0.717, 1.165) is 10.9 Å². The molecule has 1 saturated heterocycles. The predicted octanol–water partition coefficient (Wildman–Crippen LogP) is 1.34. The van der Waals surface area contributed by atoms with Crippen molar-refractivity contribution in [2.75, 3.05) is 25.9 Å². The second-order valence-corrected chi connectivity index (χ2v) is 7.78. The number of pyridine rings is 1. The topological polar surface area (TPSA) is 70.6 Å². The monoisotopic (exact) mass is 333 g/mol. The molecule has 0 spiro atoms. The van der Waals surface area contributed by atoms with Gasteiger partial charge in [0.15, 0.2) is 0 Å². The maximum atomic E-state index is 12.8. The molecule has 2 aromatic rings. The summed E-state index contributed by atoms with van der Waals surface area (Å²) in [7, 11) is -3.24. The number of carbonyl (C=O) groups is 1. The van der Waals surface area contributed by atoms with Crippen molar-refractivity contribution in [3.05, 3.63) is 42.1 Å². The molecule has 0 saturated carbocycles. The van der Waals surface area contributed by atoms with E-state index in [0.29, 0.717) is 25.2 Å². The van der Waals surface area contributed by atoms with Crippen LogP contribution in [0.2, 0.25) is 0 Å². The first-order valence-corrected chi connectivity index (χ1v) is 9.32. The fourth-order valence-corrected chi connectivity index (χ4v) is 4.20. The number of carbonyl (C=O) groups excluding carboxylic acids is 1. The number of rotatable bonds is 2. The Labute approximate surface area is 135 Å². The van der Waals surface area contributed by atoms with Gasteiger partial charge in [-0.1, -0.05) is 18.2 Å². The molecule has 1 fully saturated rings. The minimum atomic E-state index is -3.24. The number of aromatic nitrogens is 1. The SMILES string of the molecule is C[C@H]1CN(C(=O)c2ccnc3ccccc23)CCN1S(C)(=O)=O. The molecular formula is C16H19N3O3S. The fourth-order valence-electron chi connectivity index (χ4n) is 3.07. The van der Waals surface area contributed by atoms with Gasteiger partial charge in [0.1, 0.15) is 0 Å². The highest BCUT2D eigenvalue weighted by atomic mass is 32.2. The number of hydrogen-bond acceptors (Lipinski definition) is 4. The van der Waals surface area contributed by atoms with Gasteiger partial charge in [-0.3, -0.25) is 9.78 Å². The highest BCUT2D eigenvalue weighted by Crippen LogP contribution is 2.20. The average Bonchev–Trinajstić information content (AvgIpc) is 2.52. The molecule has 7 heteroatoms. The summed E-state index contributed by atoms with van der Waals surface area (Å²) in [6, 6.07) is 9.01. The zero-order chi connectivity index (χ0) is 16.6. The van der Waals surface area contributed by atoms with Gasteiger partial charge in [-0.2, -0.15) is 4.31 Å². The molecule has 1 aliphatic rings. The zero-order valence-electron chi connectivity index (χ0n) is 13.1. The van der Waals surface area contributed by atoms with E-state index < -0.39 is 10.0 Å². The van der Waals surface area contributed by atoms with E-state index in [1.807, 2.05) is 31.2 Å². The van der Waals surface area contributed by atoms with Crippen LogP contribution >= 0.6 is 0 Å². The van der Waals surface area contributed by atoms with E-state index in [2.05, 4.69) is 4.98 Å². The molecule has 1 aromatic carbocycles. The molecule has 1 atom stereocenters. The van der Waals surface area contributed by atoms with Crippen LogP contribution in [0, 0.1) is 0 Å². The summed E-state index contributed by atoms with van der Waals surface area (Å²) in [5.74, 6) is -0.0800. The van der Waals surface area contributed by atoms with Crippen molar-refractivity contribution >= 4 is 26.8 Å². The van der Waals surface area contributed by atoms with Gasteiger partial charge in [-0.25, -0.2) is 8.42 Å². The molecule has 0 unspecified atom stereocenters. The second kappa shape index (κ2) is 5.90. The molecule has 6 nitrogen and oxygen atoms in total. The Hall–Kier alpha value is -1.99. The molecule has 1 aromatic heterocycles. The lowest BCUT2D eigenvalue weighted by atomic mass is 10.1. The molecular weight excluding hydrogens is 314 g/mol. The number of para-hydroxylation sites is 1. The van der Waals surface area contributed by atoms with Crippen LogP contribution in [-0.2, 0) is 10.0 Å². The molecule has 1 amide bonds.